The van der Waals surface area contributed by atoms with Crippen molar-refractivity contribution in [3.05, 3.63) is 23.5 Å². The molecule has 2 saturated carbocycles. The van der Waals surface area contributed by atoms with Gasteiger partial charge in [0.05, 0.1) is 5.69 Å². The number of nitrogens with two attached hydrogens (primary N) is 1. The van der Waals surface area contributed by atoms with Crippen LogP contribution < -0.4 is 10.6 Å². The molecular formula is C27H40N6O. The van der Waals surface area contributed by atoms with Crippen LogP contribution in [-0.4, -0.2) is 64.0 Å². The molecule has 0 aromatic carbocycles. The van der Waals surface area contributed by atoms with Crippen molar-refractivity contribution in [3.63, 3.8) is 0 Å². The van der Waals surface area contributed by atoms with Gasteiger partial charge >= 0.3 is 0 Å². The molecule has 7 heteroatoms. The molecule has 184 valence electrons. The molecule has 0 bridgehead atoms. The molecule has 2 aliphatic carbocycles. The third-order valence-electron chi connectivity index (χ3n) is 9.44. The van der Waals surface area contributed by atoms with E-state index in [0.29, 0.717) is 11.8 Å². The van der Waals surface area contributed by atoms with Crippen LogP contribution in [0.25, 0.3) is 5.65 Å². The van der Waals surface area contributed by atoms with E-state index in [1.807, 2.05) is 4.52 Å². The van der Waals surface area contributed by atoms with Gasteiger partial charge in [-0.15, -0.1) is 0 Å². The molecule has 2 aromatic rings. The van der Waals surface area contributed by atoms with Gasteiger partial charge in [-0.3, -0.25) is 4.79 Å². The average molecular weight is 465 g/mol. The lowest BCUT2D eigenvalue weighted by Crippen LogP contribution is -2.40. The molecule has 2 aliphatic heterocycles. The minimum absolute atomic E-state index is 0.115. The van der Waals surface area contributed by atoms with Crippen LogP contribution in [0.4, 0.5) is 5.82 Å². The topological polar surface area (TPSA) is 79.8 Å². The van der Waals surface area contributed by atoms with Crippen LogP contribution in [-0.2, 0) is 4.79 Å². The van der Waals surface area contributed by atoms with E-state index >= 15 is 0 Å². The van der Waals surface area contributed by atoms with Crippen molar-refractivity contribution in [2.24, 2.45) is 23.5 Å². The predicted octanol–water partition coefficient (Wildman–Crippen LogP) is 3.54. The molecule has 4 fully saturated rings. The van der Waals surface area contributed by atoms with Crippen molar-refractivity contribution >= 4 is 17.2 Å². The number of rotatable bonds is 4. The number of hydrogen-bond donors (Lipinski definition) is 1. The van der Waals surface area contributed by atoms with Gasteiger partial charge in [0.2, 0.25) is 0 Å². The molecule has 7 nitrogen and oxygen atoms in total. The molecule has 4 heterocycles. The van der Waals surface area contributed by atoms with Gasteiger partial charge in [0.1, 0.15) is 11.6 Å². The summed E-state index contributed by atoms with van der Waals surface area (Å²) in [4.78, 5) is 23.7. The van der Waals surface area contributed by atoms with E-state index in [1.54, 1.807) is 0 Å². The van der Waals surface area contributed by atoms with Crippen LogP contribution in [0.1, 0.15) is 75.0 Å². The molecule has 4 unspecified atom stereocenters. The van der Waals surface area contributed by atoms with Crippen molar-refractivity contribution in [1.29, 1.82) is 0 Å². The zero-order valence-electron chi connectivity index (χ0n) is 20.8. The fraction of sp³-hybridized carbons (Fsp3) is 0.741. The van der Waals surface area contributed by atoms with Crippen LogP contribution >= 0.6 is 0 Å². The van der Waals surface area contributed by atoms with Crippen molar-refractivity contribution in [2.45, 2.75) is 82.7 Å². The molecule has 0 radical (unpaired) electrons. The van der Waals surface area contributed by atoms with Gasteiger partial charge in [-0.1, -0.05) is 12.8 Å². The third kappa shape index (κ3) is 3.95. The largest absolute Gasteiger partial charge is 0.355 e. The van der Waals surface area contributed by atoms with E-state index < -0.39 is 0 Å². The Balaban J connectivity index is 1.25. The second-order valence-corrected chi connectivity index (χ2v) is 11.6. The maximum Gasteiger partial charge on any atom is 0.157 e. The Morgan fingerprint density at radius 1 is 1.09 bits per heavy atom. The molecular weight excluding hydrogens is 424 g/mol. The van der Waals surface area contributed by atoms with Gasteiger partial charge in [-0.2, -0.15) is 5.10 Å². The van der Waals surface area contributed by atoms with E-state index in [0.717, 1.165) is 80.3 Å². The number of fused-ring (bicyclic) bond motifs is 2. The first-order valence-electron chi connectivity index (χ1n) is 13.6. The van der Waals surface area contributed by atoms with Crippen LogP contribution in [0.5, 0.6) is 0 Å². The maximum absolute atomic E-state index is 13.9. The fourth-order valence-electron chi connectivity index (χ4n) is 7.51. The highest BCUT2D eigenvalue weighted by Crippen LogP contribution is 2.44. The highest BCUT2D eigenvalue weighted by molar-refractivity contribution is 5.84. The first-order valence-corrected chi connectivity index (χ1v) is 13.6. The number of likely N-dealkylation sites (tertiary alicyclic amines) is 1. The zero-order chi connectivity index (χ0) is 23.4. The molecule has 4 aliphatic rings. The molecule has 6 atom stereocenters. The first-order chi connectivity index (χ1) is 16.5. The first kappa shape index (κ1) is 22.5. The number of hydrogen-bond acceptors (Lipinski definition) is 6. The van der Waals surface area contributed by atoms with E-state index in [-0.39, 0.29) is 23.8 Å². The normalized spacial score (nSPS) is 34.6. The number of Topliss-reactive ketones (excluding diaryl/α,β-unsaturated/α-hetero) is 1. The number of aryl methyl sites for hydroxylation is 1. The Hall–Kier alpha value is -1.99. The summed E-state index contributed by atoms with van der Waals surface area (Å²) in [5, 5.41) is 4.97. The monoisotopic (exact) mass is 464 g/mol. The quantitative estimate of drug-likeness (QED) is 0.746. The lowest BCUT2D eigenvalue weighted by Gasteiger charge is -2.37. The molecule has 2 N–H and O–H groups in total. The minimum atomic E-state index is 0.115. The van der Waals surface area contributed by atoms with Gasteiger partial charge in [0.25, 0.3) is 0 Å². The lowest BCUT2D eigenvalue weighted by molar-refractivity contribution is -0.130. The number of ketones is 1. The average Bonchev–Trinajstić information content (AvgIpc) is 3.56. The standard InChI is InChI=1S/C27H40N6O/c1-17-15-33-25(29-27(17)32-12-10-20(28)16-32)14-23(30-33)21-5-3-4-6-22(21)26(34)19-8-7-18-9-11-31(2)24(18)13-19/h14-15,18-22,24H,3-13,16,28H2,1-2H3/t18?,19?,20-,21+,22?,24?/m0/s1. The van der Waals surface area contributed by atoms with Crippen LogP contribution in [0.15, 0.2) is 12.3 Å². The Morgan fingerprint density at radius 2 is 1.94 bits per heavy atom. The summed E-state index contributed by atoms with van der Waals surface area (Å²) >= 11 is 0. The second kappa shape index (κ2) is 8.90. The third-order valence-corrected chi connectivity index (χ3v) is 9.44. The summed E-state index contributed by atoms with van der Waals surface area (Å²) < 4.78 is 1.93. The highest BCUT2D eigenvalue weighted by atomic mass is 16.1. The summed E-state index contributed by atoms with van der Waals surface area (Å²) in [6.45, 7) is 5.13. The van der Waals surface area contributed by atoms with Crippen LogP contribution in [0.3, 0.4) is 0 Å². The van der Waals surface area contributed by atoms with Crippen molar-refractivity contribution < 1.29 is 4.79 Å². The van der Waals surface area contributed by atoms with Crippen LogP contribution in [0, 0.1) is 24.7 Å². The fourth-order valence-corrected chi connectivity index (χ4v) is 7.51. The highest BCUT2D eigenvalue weighted by Gasteiger charge is 2.43. The molecule has 34 heavy (non-hydrogen) atoms. The van der Waals surface area contributed by atoms with E-state index in [4.69, 9.17) is 15.8 Å². The Morgan fingerprint density at radius 3 is 2.76 bits per heavy atom. The number of aromatic nitrogens is 3. The van der Waals surface area contributed by atoms with E-state index in [1.165, 1.54) is 25.8 Å². The molecule has 6 rings (SSSR count). The lowest BCUT2D eigenvalue weighted by atomic mass is 9.68. The molecule has 2 saturated heterocycles. The SMILES string of the molecule is Cc1cn2nc([C@@H]3CCCCC3C(=O)C3CCC4CCN(C)C4C3)cc2nc1N1CC[C@H](N)C1. The van der Waals surface area contributed by atoms with E-state index in [2.05, 4.69) is 36.0 Å². The predicted molar refractivity (Wildman–Crippen MR) is 134 cm³/mol. The second-order valence-electron chi connectivity index (χ2n) is 11.6. The Kier molecular flexibility index (Phi) is 5.88. The van der Waals surface area contributed by atoms with Crippen molar-refractivity contribution in [3.8, 4) is 0 Å². The minimum Gasteiger partial charge on any atom is -0.355 e. The van der Waals surface area contributed by atoms with Crippen molar-refractivity contribution in [1.82, 2.24) is 19.5 Å². The number of carbonyl (C=O) groups is 1. The van der Waals surface area contributed by atoms with Gasteiger partial charge in [0, 0.05) is 60.8 Å². The van der Waals surface area contributed by atoms with Gasteiger partial charge in [-0.25, -0.2) is 9.50 Å². The summed E-state index contributed by atoms with van der Waals surface area (Å²) in [5.41, 5.74) is 9.23. The number of anilines is 1. The van der Waals surface area contributed by atoms with Gasteiger partial charge in [-0.05, 0) is 71.4 Å². The van der Waals surface area contributed by atoms with Gasteiger partial charge in [0.15, 0.2) is 5.65 Å². The summed E-state index contributed by atoms with van der Waals surface area (Å²) in [7, 11) is 2.25. The van der Waals surface area contributed by atoms with Gasteiger partial charge < -0.3 is 15.5 Å². The van der Waals surface area contributed by atoms with Crippen molar-refractivity contribution in [2.75, 3.05) is 31.6 Å². The summed E-state index contributed by atoms with van der Waals surface area (Å²) in [5.74, 6) is 2.94. The zero-order valence-corrected chi connectivity index (χ0v) is 20.8. The van der Waals surface area contributed by atoms with E-state index in [9.17, 15) is 4.79 Å². The summed E-state index contributed by atoms with van der Waals surface area (Å²) in [6, 6.07) is 2.99. The molecule has 0 amide bonds. The Bertz CT molecular complexity index is 1060. The number of carbonyl (C=O) groups excluding carboxylic acids is 1. The smallest absolute Gasteiger partial charge is 0.157 e. The Labute approximate surface area is 203 Å². The molecule has 2 aromatic heterocycles. The number of nitrogens with zero attached hydrogens (tertiary/aromatic N) is 5. The molecule has 0 spiro atoms. The summed E-state index contributed by atoms with van der Waals surface area (Å²) in [6.07, 6.45) is 12.2. The maximum atomic E-state index is 13.9. The van der Waals surface area contributed by atoms with Crippen LogP contribution in [0.2, 0.25) is 0 Å².